The monoisotopic (exact) mass is 208 g/mol. The van der Waals surface area contributed by atoms with Crippen LogP contribution in [0.3, 0.4) is 0 Å². The van der Waals surface area contributed by atoms with Crippen molar-refractivity contribution in [3.05, 3.63) is 29.3 Å². The average Bonchev–Trinajstić information content (AvgIpc) is 2.01. The van der Waals surface area contributed by atoms with Gasteiger partial charge in [0.1, 0.15) is 0 Å². The zero-order valence-corrected chi connectivity index (χ0v) is 10.1. The van der Waals surface area contributed by atoms with Crippen LogP contribution in [-0.4, -0.2) is 19.1 Å². The van der Waals surface area contributed by atoms with Crippen LogP contribution >= 0.6 is 0 Å². The molecule has 2 nitrogen and oxygen atoms in total. The van der Waals surface area contributed by atoms with Gasteiger partial charge < -0.3 is 5.11 Å². The fourth-order valence-electron chi connectivity index (χ4n) is 1.58. The van der Waals surface area contributed by atoms with Gasteiger partial charge in [0.05, 0.1) is 13.6 Å². The number of carboxylic acid groups (broad SMARTS) is 1. The molecule has 0 bridgehead atoms. The van der Waals surface area contributed by atoms with E-state index in [1.165, 1.54) is 0 Å². The Kier molecular flexibility index (Phi) is 2.80. The first-order valence-electron chi connectivity index (χ1n) is 4.67. The molecule has 3 heteroatoms. The largest absolute Gasteiger partial charge is 0.478 e. The van der Waals surface area contributed by atoms with Crippen LogP contribution in [0.25, 0.3) is 0 Å². The van der Waals surface area contributed by atoms with Gasteiger partial charge in [-0.1, -0.05) is 37.8 Å². The quantitative estimate of drug-likeness (QED) is 0.757. The number of carbonyl (C=O) groups is 1. The van der Waals surface area contributed by atoms with E-state index in [4.69, 9.17) is 5.11 Å². The van der Waals surface area contributed by atoms with Gasteiger partial charge in [0.25, 0.3) is 0 Å². The molecule has 0 aliphatic heterocycles. The van der Waals surface area contributed by atoms with E-state index in [-0.39, 0.29) is 0 Å². The fourth-order valence-corrected chi connectivity index (χ4v) is 3.23. The standard InChI is InChI=1S/C11H16O2Si/c1-8-6-5-7-9(14(2,3)4)10(8)11(12)13/h5-7H,1-4H3,(H,12,13). The van der Waals surface area contributed by atoms with Gasteiger partial charge in [-0.3, -0.25) is 0 Å². The highest BCUT2D eigenvalue weighted by atomic mass is 28.3. The van der Waals surface area contributed by atoms with Crippen molar-refractivity contribution in [2.24, 2.45) is 0 Å². The Morgan fingerprint density at radius 2 is 1.86 bits per heavy atom. The lowest BCUT2D eigenvalue weighted by Crippen LogP contribution is -2.41. The second-order valence-corrected chi connectivity index (χ2v) is 9.59. The Morgan fingerprint density at radius 3 is 2.21 bits per heavy atom. The van der Waals surface area contributed by atoms with E-state index in [2.05, 4.69) is 19.6 Å². The van der Waals surface area contributed by atoms with E-state index in [0.29, 0.717) is 5.56 Å². The number of aryl methyl sites for hydroxylation is 1. The summed E-state index contributed by atoms with van der Waals surface area (Å²) in [7, 11) is -1.55. The number of hydrogen-bond donors (Lipinski definition) is 1. The average molecular weight is 208 g/mol. The van der Waals surface area contributed by atoms with Crippen molar-refractivity contribution < 1.29 is 9.90 Å². The van der Waals surface area contributed by atoms with Crippen molar-refractivity contribution in [3.63, 3.8) is 0 Å². The summed E-state index contributed by atoms with van der Waals surface area (Å²) in [6.45, 7) is 8.34. The third-order valence-electron chi connectivity index (χ3n) is 2.29. The summed E-state index contributed by atoms with van der Waals surface area (Å²) in [5, 5.41) is 10.2. The van der Waals surface area contributed by atoms with E-state index < -0.39 is 14.0 Å². The van der Waals surface area contributed by atoms with E-state index in [0.717, 1.165) is 10.8 Å². The van der Waals surface area contributed by atoms with Crippen molar-refractivity contribution >= 4 is 19.2 Å². The lowest BCUT2D eigenvalue weighted by atomic mass is 10.1. The first-order valence-corrected chi connectivity index (χ1v) is 8.17. The van der Waals surface area contributed by atoms with Gasteiger partial charge in [-0.2, -0.15) is 0 Å². The van der Waals surface area contributed by atoms with Gasteiger partial charge in [-0.05, 0) is 17.7 Å². The summed E-state index contributed by atoms with van der Waals surface area (Å²) in [6.07, 6.45) is 0. The summed E-state index contributed by atoms with van der Waals surface area (Å²) in [6, 6.07) is 5.74. The highest BCUT2D eigenvalue weighted by molar-refractivity contribution is 6.89. The van der Waals surface area contributed by atoms with Gasteiger partial charge in [-0.25, -0.2) is 4.79 Å². The minimum atomic E-state index is -1.55. The molecule has 0 radical (unpaired) electrons. The topological polar surface area (TPSA) is 37.3 Å². The fraction of sp³-hybridized carbons (Fsp3) is 0.364. The van der Waals surface area contributed by atoms with E-state index >= 15 is 0 Å². The Labute approximate surface area is 85.6 Å². The first kappa shape index (κ1) is 11.0. The molecule has 1 aromatic rings. The number of benzene rings is 1. The highest BCUT2D eigenvalue weighted by Gasteiger charge is 2.24. The zero-order chi connectivity index (χ0) is 10.9. The molecule has 1 N–H and O–H groups in total. The van der Waals surface area contributed by atoms with E-state index in [1.807, 2.05) is 25.1 Å². The van der Waals surface area contributed by atoms with Crippen molar-refractivity contribution in [3.8, 4) is 0 Å². The SMILES string of the molecule is Cc1cccc([Si](C)(C)C)c1C(=O)O. The molecule has 0 aliphatic carbocycles. The molecule has 1 aromatic carbocycles. The second-order valence-electron chi connectivity index (χ2n) is 4.55. The number of carboxylic acids is 1. The zero-order valence-electron chi connectivity index (χ0n) is 9.09. The van der Waals surface area contributed by atoms with Crippen molar-refractivity contribution in [2.45, 2.75) is 26.6 Å². The third-order valence-corrected chi connectivity index (χ3v) is 4.33. The molecule has 0 saturated heterocycles. The van der Waals surface area contributed by atoms with Gasteiger partial charge in [0.15, 0.2) is 0 Å². The number of rotatable bonds is 2. The Bertz CT molecular complexity index is 364. The Balaban J connectivity index is 3.44. The van der Waals surface area contributed by atoms with Gasteiger partial charge >= 0.3 is 5.97 Å². The normalized spacial score (nSPS) is 11.4. The molecule has 0 aromatic heterocycles. The maximum atomic E-state index is 11.1. The van der Waals surface area contributed by atoms with Crippen LogP contribution in [0.1, 0.15) is 15.9 Å². The molecule has 0 amide bonds. The molecular formula is C11H16O2Si. The van der Waals surface area contributed by atoms with Crippen molar-refractivity contribution in [2.75, 3.05) is 0 Å². The van der Waals surface area contributed by atoms with Crippen LogP contribution in [0.5, 0.6) is 0 Å². The highest BCUT2D eigenvalue weighted by Crippen LogP contribution is 2.11. The van der Waals surface area contributed by atoms with Crippen LogP contribution in [0.4, 0.5) is 0 Å². The van der Waals surface area contributed by atoms with E-state index in [1.54, 1.807) is 0 Å². The minimum Gasteiger partial charge on any atom is -0.478 e. The molecule has 0 aliphatic rings. The molecule has 1 rings (SSSR count). The van der Waals surface area contributed by atoms with Crippen LogP contribution in [0.15, 0.2) is 18.2 Å². The number of aromatic carboxylic acids is 1. The summed E-state index contributed by atoms with van der Waals surface area (Å²) in [5.41, 5.74) is 1.36. The molecule has 76 valence electrons. The second kappa shape index (κ2) is 3.57. The lowest BCUT2D eigenvalue weighted by Gasteiger charge is -2.20. The van der Waals surface area contributed by atoms with E-state index in [9.17, 15) is 4.79 Å². The van der Waals surface area contributed by atoms with Crippen molar-refractivity contribution in [1.29, 1.82) is 0 Å². The summed E-state index contributed by atoms with van der Waals surface area (Å²) in [4.78, 5) is 11.1. The molecule has 0 saturated carbocycles. The molecule has 14 heavy (non-hydrogen) atoms. The van der Waals surface area contributed by atoms with Gasteiger partial charge in [0, 0.05) is 0 Å². The molecule has 0 unspecified atom stereocenters. The van der Waals surface area contributed by atoms with Crippen molar-refractivity contribution in [1.82, 2.24) is 0 Å². The molecule has 0 fully saturated rings. The van der Waals surface area contributed by atoms with Crippen LogP contribution in [-0.2, 0) is 0 Å². The van der Waals surface area contributed by atoms with Crippen LogP contribution in [0, 0.1) is 6.92 Å². The molecule has 0 spiro atoms. The summed E-state index contributed by atoms with van der Waals surface area (Å²) >= 11 is 0. The van der Waals surface area contributed by atoms with Gasteiger partial charge in [-0.15, -0.1) is 0 Å². The third kappa shape index (κ3) is 2.04. The number of hydrogen-bond acceptors (Lipinski definition) is 1. The molecule has 0 atom stereocenters. The Morgan fingerprint density at radius 1 is 1.29 bits per heavy atom. The lowest BCUT2D eigenvalue weighted by molar-refractivity contribution is 0.0697. The van der Waals surface area contributed by atoms with Gasteiger partial charge in [0.2, 0.25) is 0 Å². The Hall–Kier alpha value is -1.09. The smallest absolute Gasteiger partial charge is 0.335 e. The summed E-state index contributed by atoms with van der Waals surface area (Å²) in [5.74, 6) is -0.805. The molecule has 0 heterocycles. The van der Waals surface area contributed by atoms with Crippen LogP contribution in [0.2, 0.25) is 19.6 Å². The molecular weight excluding hydrogens is 192 g/mol. The predicted octanol–water partition coefficient (Wildman–Crippen LogP) is 2.24. The first-order chi connectivity index (χ1) is 6.34. The summed E-state index contributed by atoms with van der Waals surface area (Å²) < 4.78 is 0. The van der Waals surface area contributed by atoms with Crippen LogP contribution < -0.4 is 5.19 Å². The maximum Gasteiger partial charge on any atom is 0.335 e. The maximum absolute atomic E-state index is 11.1. The minimum absolute atomic E-state index is 0.506. The predicted molar refractivity (Wildman–Crippen MR) is 61.1 cm³/mol.